The number of carbonyl (C=O) groups excluding carboxylic acids is 3. The van der Waals surface area contributed by atoms with E-state index in [0.29, 0.717) is 0 Å². The van der Waals surface area contributed by atoms with E-state index in [1.54, 1.807) is 0 Å². The van der Waals surface area contributed by atoms with Crippen LogP contribution in [0.3, 0.4) is 0 Å². The molecule has 0 spiro atoms. The number of nitrogens with zero attached hydrogens (tertiary/aromatic N) is 4. The van der Waals surface area contributed by atoms with Crippen molar-refractivity contribution in [3.63, 3.8) is 0 Å². The van der Waals surface area contributed by atoms with E-state index in [-0.39, 0.29) is 23.5 Å². The lowest BCUT2D eigenvalue weighted by Gasteiger charge is -2.35. The van der Waals surface area contributed by atoms with Gasteiger partial charge in [0.1, 0.15) is 19.0 Å². The predicted molar refractivity (Wildman–Crippen MR) is 108 cm³/mol. The zero-order chi connectivity index (χ0) is 23.7. The molecule has 1 aliphatic heterocycles. The Labute approximate surface area is 181 Å². The molecule has 0 saturated heterocycles. The van der Waals surface area contributed by atoms with Crippen LogP contribution >= 0.6 is 0 Å². The van der Waals surface area contributed by atoms with E-state index in [1.807, 2.05) is 0 Å². The molecule has 2 aromatic heterocycles. The first kappa shape index (κ1) is 22.9. The molecular formula is C19H23N5O8. The van der Waals surface area contributed by atoms with Gasteiger partial charge >= 0.3 is 17.6 Å². The Bertz CT molecular complexity index is 1240. The van der Waals surface area contributed by atoms with Gasteiger partial charge in [-0.2, -0.15) is 0 Å². The number of esters is 2. The van der Waals surface area contributed by atoms with Crippen LogP contribution in [0.15, 0.2) is 27.7 Å². The zero-order valence-corrected chi connectivity index (χ0v) is 18.1. The highest BCUT2D eigenvalue weighted by atomic mass is 16.6. The number of hydrogen-bond acceptors (Lipinski definition) is 9. The number of aromatic nitrogens is 4. The molecule has 13 nitrogen and oxygen atoms in total. The van der Waals surface area contributed by atoms with Gasteiger partial charge in [-0.25, -0.2) is 9.78 Å². The summed E-state index contributed by atoms with van der Waals surface area (Å²) in [6.45, 7) is 3.44. The first-order chi connectivity index (χ1) is 15.0. The second-order valence-electron chi connectivity index (χ2n) is 7.24. The third kappa shape index (κ3) is 4.32. The Balaban J connectivity index is 2.17. The minimum absolute atomic E-state index is 0.0491. The molecule has 3 heterocycles. The van der Waals surface area contributed by atoms with Crippen molar-refractivity contribution in [3.8, 4) is 0 Å². The molecule has 32 heavy (non-hydrogen) atoms. The van der Waals surface area contributed by atoms with Gasteiger partial charge in [0.2, 0.25) is 5.91 Å². The van der Waals surface area contributed by atoms with Crippen molar-refractivity contribution in [1.82, 2.24) is 24.0 Å². The number of hydrogen-bond donors (Lipinski definition) is 1. The summed E-state index contributed by atoms with van der Waals surface area (Å²) in [7, 11) is 2.79. The van der Waals surface area contributed by atoms with Gasteiger partial charge in [-0.1, -0.05) is 0 Å². The number of rotatable bonds is 5. The quantitative estimate of drug-likeness (QED) is 0.557. The molecule has 3 atom stereocenters. The Morgan fingerprint density at radius 2 is 1.81 bits per heavy atom. The van der Waals surface area contributed by atoms with Gasteiger partial charge in [-0.05, 0) is 6.08 Å². The number of amides is 1. The highest BCUT2D eigenvalue weighted by Crippen LogP contribution is 2.30. The first-order valence-electron chi connectivity index (χ1n) is 9.59. The van der Waals surface area contributed by atoms with Crippen molar-refractivity contribution >= 4 is 29.0 Å². The third-order valence-corrected chi connectivity index (χ3v) is 4.78. The van der Waals surface area contributed by atoms with Crippen LogP contribution in [-0.2, 0) is 42.7 Å². The normalized spacial score (nSPS) is 20.5. The summed E-state index contributed by atoms with van der Waals surface area (Å²) in [5.74, 6) is -1.62. The van der Waals surface area contributed by atoms with Crippen LogP contribution in [-0.4, -0.2) is 55.3 Å². The largest absolute Gasteiger partial charge is 0.463 e. The number of carbonyl (C=O) groups is 3. The lowest BCUT2D eigenvalue weighted by molar-refractivity contribution is -0.169. The lowest BCUT2D eigenvalue weighted by atomic mass is 10.1. The molecule has 0 aliphatic carbocycles. The number of ether oxygens (including phenoxy) is 3. The van der Waals surface area contributed by atoms with Crippen molar-refractivity contribution in [1.29, 1.82) is 0 Å². The Kier molecular flexibility index (Phi) is 6.30. The van der Waals surface area contributed by atoms with Gasteiger partial charge in [0.25, 0.3) is 5.56 Å². The van der Waals surface area contributed by atoms with Crippen LogP contribution in [0.25, 0.3) is 11.2 Å². The average Bonchev–Trinajstić information content (AvgIpc) is 3.14. The molecular weight excluding hydrogens is 426 g/mol. The number of aryl methyl sites for hydroxylation is 1. The molecule has 0 aromatic carbocycles. The standard InChI is InChI=1S/C19H23N5O8/c1-9(25)21-12-6-13(31-11(3)27)14(7-30-10(2)26)32-18(12)24-8-20-16-15(24)17(28)23(5)19(29)22(16)4/h6,8,13-14,18H,7H2,1-5H3,(H,21,25)/t13-,14-,18+/m1/s1. The second kappa shape index (κ2) is 8.78. The Hall–Kier alpha value is -3.74. The van der Waals surface area contributed by atoms with E-state index in [4.69, 9.17) is 14.2 Å². The minimum atomic E-state index is -1.10. The van der Waals surface area contributed by atoms with Crippen LogP contribution in [0, 0.1) is 0 Å². The Morgan fingerprint density at radius 1 is 1.12 bits per heavy atom. The maximum Gasteiger partial charge on any atom is 0.332 e. The fraction of sp³-hybridized carbons (Fsp3) is 0.474. The summed E-state index contributed by atoms with van der Waals surface area (Å²) in [5.41, 5.74) is -0.837. The molecule has 2 aromatic rings. The maximum atomic E-state index is 12.8. The molecule has 1 N–H and O–H groups in total. The molecule has 1 aliphatic rings. The second-order valence-corrected chi connectivity index (χ2v) is 7.24. The smallest absolute Gasteiger partial charge is 0.332 e. The highest BCUT2D eigenvalue weighted by Gasteiger charge is 2.37. The number of fused-ring (bicyclic) bond motifs is 1. The number of imidazole rings is 1. The van der Waals surface area contributed by atoms with E-state index < -0.39 is 47.5 Å². The number of nitrogens with one attached hydrogen (secondary N) is 1. The molecule has 1 amide bonds. The molecule has 0 bridgehead atoms. The van der Waals surface area contributed by atoms with E-state index >= 15 is 0 Å². The van der Waals surface area contributed by atoms with Crippen LogP contribution in [0.5, 0.6) is 0 Å². The van der Waals surface area contributed by atoms with E-state index in [1.165, 1.54) is 56.4 Å². The van der Waals surface area contributed by atoms with Crippen molar-refractivity contribution in [2.45, 2.75) is 39.2 Å². The Morgan fingerprint density at radius 3 is 2.41 bits per heavy atom. The van der Waals surface area contributed by atoms with Gasteiger partial charge in [-0.3, -0.25) is 32.9 Å². The summed E-state index contributed by atoms with van der Waals surface area (Å²) in [5, 5.41) is 2.61. The van der Waals surface area contributed by atoms with Crippen LogP contribution in [0.4, 0.5) is 0 Å². The molecule has 0 saturated carbocycles. The SMILES string of the molecule is CC(=O)NC1=C[C@@H](OC(C)=O)[C@@H](COC(C)=O)O[C@@H]1n1cnc2c1c(=O)n(C)c(=O)n2C. The predicted octanol–water partition coefficient (Wildman–Crippen LogP) is -1.15. The minimum Gasteiger partial charge on any atom is -0.463 e. The van der Waals surface area contributed by atoms with Crippen molar-refractivity contribution in [3.05, 3.63) is 38.9 Å². The van der Waals surface area contributed by atoms with Gasteiger partial charge in [0.05, 0.1) is 5.70 Å². The van der Waals surface area contributed by atoms with E-state index in [0.717, 1.165) is 4.57 Å². The van der Waals surface area contributed by atoms with Crippen LogP contribution < -0.4 is 16.6 Å². The summed E-state index contributed by atoms with van der Waals surface area (Å²) in [6.07, 6.45) is -0.280. The molecule has 0 unspecified atom stereocenters. The van der Waals surface area contributed by atoms with Gasteiger partial charge in [0.15, 0.2) is 23.5 Å². The van der Waals surface area contributed by atoms with Gasteiger partial charge < -0.3 is 19.5 Å². The summed E-state index contributed by atoms with van der Waals surface area (Å²) >= 11 is 0. The molecule has 0 fully saturated rings. The fourth-order valence-corrected chi connectivity index (χ4v) is 3.38. The first-order valence-corrected chi connectivity index (χ1v) is 9.59. The van der Waals surface area contributed by atoms with E-state index in [9.17, 15) is 24.0 Å². The molecule has 0 radical (unpaired) electrons. The monoisotopic (exact) mass is 449 g/mol. The topological polar surface area (TPSA) is 153 Å². The molecule has 3 rings (SSSR count). The fourth-order valence-electron chi connectivity index (χ4n) is 3.38. The van der Waals surface area contributed by atoms with E-state index in [2.05, 4.69) is 10.3 Å². The highest BCUT2D eigenvalue weighted by molar-refractivity contribution is 5.75. The average molecular weight is 449 g/mol. The maximum absolute atomic E-state index is 12.8. The molecule has 172 valence electrons. The summed E-state index contributed by atoms with van der Waals surface area (Å²) < 4.78 is 19.8. The lowest BCUT2D eigenvalue weighted by Crippen LogP contribution is -2.45. The van der Waals surface area contributed by atoms with Crippen molar-refractivity contribution in [2.75, 3.05) is 6.61 Å². The summed E-state index contributed by atoms with van der Waals surface area (Å²) in [6, 6.07) is 0. The summed E-state index contributed by atoms with van der Waals surface area (Å²) in [4.78, 5) is 63.9. The van der Waals surface area contributed by atoms with Crippen LogP contribution in [0.2, 0.25) is 0 Å². The van der Waals surface area contributed by atoms with Gasteiger partial charge in [-0.15, -0.1) is 0 Å². The third-order valence-electron chi connectivity index (χ3n) is 4.78. The molecule has 13 heteroatoms. The van der Waals surface area contributed by atoms with Gasteiger partial charge in [0, 0.05) is 34.9 Å². The zero-order valence-electron chi connectivity index (χ0n) is 18.1. The van der Waals surface area contributed by atoms with Crippen molar-refractivity contribution < 1.29 is 28.6 Å². The van der Waals surface area contributed by atoms with Crippen molar-refractivity contribution in [2.24, 2.45) is 14.1 Å². The van der Waals surface area contributed by atoms with Crippen LogP contribution in [0.1, 0.15) is 27.0 Å².